The highest BCUT2D eigenvalue weighted by Crippen LogP contribution is 2.23. The van der Waals surface area contributed by atoms with Gasteiger partial charge in [0.25, 0.3) is 0 Å². The fraction of sp³-hybridized carbons (Fsp3) is 0.300. The highest BCUT2D eigenvalue weighted by Gasteiger charge is 2.09. The molecule has 1 aromatic carbocycles. The van der Waals surface area contributed by atoms with Crippen molar-refractivity contribution in [1.82, 2.24) is 0 Å². The van der Waals surface area contributed by atoms with Crippen LogP contribution in [-0.2, 0) is 9.53 Å². The van der Waals surface area contributed by atoms with Gasteiger partial charge < -0.3 is 10.1 Å². The summed E-state index contributed by atoms with van der Waals surface area (Å²) in [5.74, 6) is -1.95. The van der Waals surface area contributed by atoms with Gasteiger partial charge in [0.05, 0.1) is 16.8 Å². The molecule has 1 rings (SSSR count). The molecule has 0 heterocycles. The molecule has 0 bridgehead atoms. The second kappa shape index (κ2) is 5.79. The third-order valence-corrected chi connectivity index (χ3v) is 2.35. The summed E-state index contributed by atoms with van der Waals surface area (Å²) in [6, 6.07) is 1.96. The fourth-order valence-electron chi connectivity index (χ4n) is 1.04. The van der Waals surface area contributed by atoms with E-state index in [0.29, 0.717) is 0 Å². The van der Waals surface area contributed by atoms with Gasteiger partial charge in [-0.15, -0.1) is 0 Å². The summed E-state index contributed by atoms with van der Waals surface area (Å²) >= 11 is 2.92. The first kappa shape index (κ1) is 12.9. The topological polar surface area (TPSA) is 38.3 Å². The van der Waals surface area contributed by atoms with Crippen LogP contribution in [0.2, 0.25) is 0 Å². The van der Waals surface area contributed by atoms with Crippen molar-refractivity contribution in [2.45, 2.75) is 6.92 Å². The molecule has 1 aromatic rings. The van der Waals surface area contributed by atoms with E-state index in [9.17, 15) is 13.6 Å². The Labute approximate surface area is 99.9 Å². The Balaban J connectivity index is 2.67. The van der Waals surface area contributed by atoms with Crippen LogP contribution in [0.5, 0.6) is 0 Å². The summed E-state index contributed by atoms with van der Waals surface area (Å²) in [4.78, 5) is 11.0. The second-order valence-corrected chi connectivity index (χ2v) is 3.76. The Morgan fingerprint density at radius 1 is 1.44 bits per heavy atom. The number of hydrogen-bond acceptors (Lipinski definition) is 3. The predicted molar refractivity (Wildman–Crippen MR) is 59.2 cm³/mol. The SMILES string of the molecule is CCOC(=O)CNc1cc(Br)c(F)cc1F. The van der Waals surface area contributed by atoms with Crippen molar-refractivity contribution in [3.63, 3.8) is 0 Å². The molecule has 3 nitrogen and oxygen atoms in total. The van der Waals surface area contributed by atoms with E-state index < -0.39 is 17.6 Å². The van der Waals surface area contributed by atoms with Gasteiger partial charge >= 0.3 is 5.97 Å². The third-order valence-electron chi connectivity index (χ3n) is 1.74. The molecule has 0 unspecified atom stereocenters. The zero-order valence-corrected chi connectivity index (χ0v) is 10.1. The van der Waals surface area contributed by atoms with Crippen LogP contribution in [0.25, 0.3) is 0 Å². The number of anilines is 1. The molecule has 0 saturated carbocycles. The first-order chi connectivity index (χ1) is 7.54. The number of halogens is 3. The Morgan fingerprint density at radius 3 is 2.75 bits per heavy atom. The summed E-state index contributed by atoms with van der Waals surface area (Å²) in [7, 11) is 0. The molecule has 0 aliphatic carbocycles. The van der Waals surface area contributed by atoms with Crippen molar-refractivity contribution < 1.29 is 18.3 Å². The third kappa shape index (κ3) is 3.44. The van der Waals surface area contributed by atoms with Crippen molar-refractivity contribution in [2.75, 3.05) is 18.5 Å². The van der Waals surface area contributed by atoms with E-state index in [1.54, 1.807) is 6.92 Å². The molecule has 0 fully saturated rings. The average molecular weight is 294 g/mol. The van der Waals surface area contributed by atoms with Gasteiger partial charge in [-0.3, -0.25) is 4.79 Å². The van der Waals surface area contributed by atoms with Gasteiger partial charge in [-0.05, 0) is 28.9 Å². The highest BCUT2D eigenvalue weighted by molar-refractivity contribution is 9.10. The molecule has 0 atom stereocenters. The molecule has 0 saturated heterocycles. The number of esters is 1. The van der Waals surface area contributed by atoms with Gasteiger partial charge in [0.1, 0.15) is 18.2 Å². The molecule has 0 aliphatic rings. The lowest BCUT2D eigenvalue weighted by Gasteiger charge is -2.07. The van der Waals surface area contributed by atoms with Crippen molar-refractivity contribution in [3.8, 4) is 0 Å². The Hall–Kier alpha value is -1.17. The molecular formula is C10H10BrF2NO2. The minimum Gasteiger partial charge on any atom is -0.465 e. The maximum atomic E-state index is 13.2. The molecule has 88 valence electrons. The summed E-state index contributed by atoms with van der Waals surface area (Å²) in [5.41, 5.74) is 0.0429. The molecular weight excluding hydrogens is 284 g/mol. The molecule has 0 amide bonds. The number of benzene rings is 1. The summed E-state index contributed by atoms with van der Waals surface area (Å²) in [6.07, 6.45) is 0. The number of ether oxygens (including phenoxy) is 1. The summed E-state index contributed by atoms with van der Waals surface area (Å²) < 4.78 is 30.8. The lowest BCUT2D eigenvalue weighted by atomic mass is 10.3. The van der Waals surface area contributed by atoms with Crippen molar-refractivity contribution in [2.24, 2.45) is 0 Å². The van der Waals surface area contributed by atoms with Crippen LogP contribution in [0.1, 0.15) is 6.92 Å². The minimum absolute atomic E-state index is 0.0429. The van der Waals surface area contributed by atoms with Gasteiger partial charge in [0.15, 0.2) is 0 Å². The van der Waals surface area contributed by atoms with Gasteiger partial charge in [0.2, 0.25) is 0 Å². The van der Waals surface area contributed by atoms with Crippen LogP contribution in [0.15, 0.2) is 16.6 Å². The zero-order valence-electron chi connectivity index (χ0n) is 8.52. The first-order valence-corrected chi connectivity index (χ1v) is 5.38. The number of rotatable bonds is 4. The van der Waals surface area contributed by atoms with Gasteiger partial charge in [0, 0.05) is 6.07 Å². The molecule has 0 aromatic heterocycles. The van der Waals surface area contributed by atoms with Crippen molar-refractivity contribution in [3.05, 3.63) is 28.2 Å². The van der Waals surface area contributed by atoms with Crippen molar-refractivity contribution in [1.29, 1.82) is 0 Å². The van der Waals surface area contributed by atoms with Gasteiger partial charge in [-0.25, -0.2) is 8.78 Å². The van der Waals surface area contributed by atoms with Crippen LogP contribution in [0.3, 0.4) is 0 Å². The standard InChI is InChI=1S/C10H10BrF2NO2/c1-2-16-10(15)5-14-9-3-6(11)7(12)4-8(9)13/h3-4,14H,2,5H2,1H3. The molecule has 0 spiro atoms. The number of carbonyl (C=O) groups excluding carboxylic acids is 1. The van der Waals surface area contributed by atoms with Crippen molar-refractivity contribution >= 4 is 27.6 Å². The monoisotopic (exact) mass is 293 g/mol. The Kier molecular flexibility index (Phi) is 4.67. The van der Waals surface area contributed by atoms with Crippen LogP contribution >= 0.6 is 15.9 Å². The number of nitrogens with one attached hydrogen (secondary N) is 1. The quantitative estimate of drug-likeness (QED) is 0.685. The molecule has 0 radical (unpaired) electrons. The first-order valence-electron chi connectivity index (χ1n) is 4.58. The van der Waals surface area contributed by atoms with Gasteiger partial charge in [-0.1, -0.05) is 0 Å². The molecule has 0 aliphatic heterocycles. The van der Waals surface area contributed by atoms with E-state index in [1.807, 2.05) is 0 Å². The van der Waals surface area contributed by atoms with Crippen LogP contribution in [0, 0.1) is 11.6 Å². The van der Waals surface area contributed by atoms with Crippen LogP contribution in [0.4, 0.5) is 14.5 Å². The maximum absolute atomic E-state index is 13.2. The van der Waals surface area contributed by atoms with E-state index in [0.717, 1.165) is 6.07 Å². The highest BCUT2D eigenvalue weighted by atomic mass is 79.9. The van der Waals surface area contributed by atoms with Crippen LogP contribution in [-0.4, -0.2) is 19.1 Å². The number of hydrogen-bond donors (Lipinski definition) is 1. The summed E-state index contributed by atoms with van der Waals surface area (Å²) in [5, 5.41) is 2.52. The minimum atomic E-state index is -0.759. The van der Waals surface area contributed by atoms with Gasteiger partial charge in [-0.2, -0.15) is 0 Å². The average Bonchev–Trinajstić information content (AvgIpc) is 2.22. The molecule has 6 heteroatoms. The molecule has 1 N–H and O–H groups in total. The Morgan fingerprint density at radius 2 is 2.12 bits per heavy atom. The van der Waals surface area contributed by atoms with E-state index >= 15 is 0 Å². The van der Waals surface area contributed by atoms with Crippen LogP contribution < -0.4 is 5.32 Å². The maximum Gasteiger partial charge on any atom is 0.325 e. The zero-order chi connectivity index (χ0) is 12.1. The smallest absolute Gasteiger partial charge is 0.325 e. The van der Waals surface area contributed by atoms with E-state index in [1.165, 1.54) is 6.07 Å². The lowest BCUT2D eigenvalue weighted by Crippen LogP contribution is -2.17. The number of carbonyl (C=O) groups is 1. The lowest BCUT2D eigenvalue weighted by molar-refractivity contribution is -0.140. The van der Waals surface area contributed by atoms with E-state index in [2.05, 4.69) is 26.0 Å². The largest absolute Gasteiger partial charge is 0.465 e. The second-order valence-electron chi connectivity index (χ2n) is 2.90. The van der Waals surface area contributed by atoms with E-state index in [-0.39, 0.29) is 23.3 Å². The van der Waals surface area contributed by atoms with E-state index in [4.69, 9.17) is 0 Å². The normalized spacial score (nSPS) is 10.0. The predicted octanol–water partition coefficient (Wildman–Crippen LogP) is 2.70. The summed E-state index contributed by atoms with van der Waals surface area (Å²) in [6.45, 7) is 1.77. The molecule has 16 heavy (non-hydrogen) atoms. The fourth-order valence-corrected chi connectivity index (χ4v) is 1.38. The Bertz CT molecular complexity index is 399.